The van der Waals surface area contributed by atoms with Crippen molar-refractivity contribution < 1.29 is 14.6 Å². The van der Waals surface area contributed by atoms with Crippen molar-refractivity contribution in [3.05, 3.63) is 0 Å². The summed E-state index contributed by atoms with van der Waals surface area (Å²) < 4.78 is 5.09. The number of nitrogens with two attached hydrogens (primary N) is 1. The molecule has 0 aromatic rings. The lowest BCUT2D eigenvalue weighted by Crippen LogP contribution is -2.47. The molecule has 0 aromatic carbocycles. The number of rotatable bonds is 7. The molecule has 1 rings (SSSR count). The lowest BCUT2D eigenvalue weighted by molar-refractivity contribution is -0.138. The molecule has 1 fully saturated rings. The molecule has 0 aliphatic heterocycles. The number of carbonyl (C=O) groups is 1. The number of carbonyl (C=O) groups excluding carboxylic acids is 1. The molecule has 1 amide bonds. The van der Waals surface area contributed by atoms with E-state index in [1.54, 1.807) is 12.0 Å². The maximum atomic E-state index is 12.0. The monoisotopic (exact) mass is 230 g/mol. The Hall–Kier alpha value is -0.650. The Kier molecular flexibility index (Phi) is 5.73. The molecule has 1 saturated carbocycles. The molecule has 0 radical (unpaired) electrons. The Labute approximate surface area is 96.6 Å². The maximum Gasteiger partial charge on any atom is 0.225 e. The lowest BCUT2D eigenvalue weighted by atomic mass is 9.91. The van der Waals surface area contributed by atoms with Crippen molar-refractivity contribution in [2.45, 2.75) is 37.8 Å². The topological polar surface area (TPSA) is 75.8 Å². The van der Waals surface area contributed by atoms with E-state index in [0.717, 1.165) is 12.8 Å². The molecule has 5 heteroatoms. The summed E-state index contributed by atoms with van der Waals surface area (Å²) in [5.41, 5.74) is 5.48. The number of hydrogen-bond acceptors (Lipinski definition) is 4. The molecule has 3 N–H and O–H groups in total. The van der Waals surface area contributed by atoms with Crippen LogP contribution >= 0.6 is 0 Å². The van der Waals surface area contributed by atoms with Gasteiger partial charge in [0, 0.05) is 26.2 Å². The Bertz CT molecular complexity index is 215. The molecular weight excluding hydrogens is 208 g/mol. The van der Waals surface area contributed by atoms with Crippen LogP contribution in [-0.2, 0) is 9.53 Å². The fourth-order valence-electron chi connectivity index (χ4n) is 1.89. The van der Waals surface area contributed by atoms with Crippen LogP contribution in [0.3, 0.4) is 0 Å². The summed E-state index contributed by atoms with van der Waals surface area (Å²) in [6, 6.07) is 0.315. The second-order valence-corrected chi connectivity index (χ2v) is 4.19. The fourth-order valence-corrected chi connectivity index (χ4v) is 1.89. The van der Waals surface area contributed by atoms with Crippen molar-refractivity contribution in [2.24, 2.45) is 5.73 Å². The van der Waals surface area contributed by atoms with E-state index < -0.39 is 0 Å². The van der Waals surface area contributed by atoms with Crippen molar-refractivity contribution >= 4 is 5.91 Å². The molecule has 1 atom stereocenters. The van der Waals surface area contributed by atoms with Crippen LogP contribution in [-0.4, -0.2) is 54.9 Å². The molecule has 0 saturated heterocycles. The molecule has 1 aliphatic rings. The van der Waals surface area contributed by atoms with E-state index in [1.807, 2.05) is 0 Å². The summed E-state index contributed by atoms with van der Waals surface area (Å²) >= 11 is 0. The third kappa shape index (κ3) is 3.43. The summed E-state index contributed by atoms with van der Waals surface area (Å²) in [5, 5.41) is 8.95. The average Bonchev–Trinajstić information content (AvgIpc) is 2.22. The number of ether oxygens (including phenoxy) is 1. The predicted octanol–water partition coefficient (Wildman–Crippen LogP) is -0.276. The summed E-state index contributed by atoms with van der Waals surface area (Å²) in [6.45, 7) is 0.785. The van der Waals surface area contributed by atoms with Crippen LogP contribution in [0, 0.1) is 0 Å². The first-order valence-corrected chi connectivity index (χ1v) is 5.86. The third-order valence-corrected chi connectivity index (χ3v) is 3.18. The number of aliphatic hydroxyl groups excluding tert-OH is 1. The Morgan fingerprint density at radius 2 is 2.31 bits per heavy atom. The summed E-state index contributed by atoms with van der Waals surface area (Å²) in [5.74, 6) is 0.0380. The van der Waals surface area contributed by atoms with Gasteiger partial charge in [-0.25, -0.2) is 0 Å². The molecular formula is C11H22N2O3. The molecule has 1 unspecified atom stereocenters. The van der Waals surface area contributed by atoms with Crippen molar-refractivity contribution in [1.82, 2.24) is 4.90 Å². The van der Waals surface area contributed by atoms with Gasteiger partial charge in [0.05, 0.1) is 19.1 Å². The Balaban J connectivity index is 2.45. The normalized spacial score (nSPS) is 17.9. The Morgan fingerprint density at radius 3 is 2.69 bits per heavy atom. The third-order valence-electron chi connectivity index (χ3n) is 3.18. The van der Waals surface area contributed by atoms with E-state index >= 15 is 0 Å². The van der Waals surface area contributed by atoms with Crippen molar-refractivity contribution in [1.29, 1.82) is 0 Å². The van der Waals surface area contributed by atoms with Crippen molar-refractivity contribution in [2.75, 3.05) is 26.8 Å². The minimum absolute atomic E-state index is 0.0164. The van der Waals surface area contributed by atoms with Crippen molar-refractivity contribution in [3.63, 3.8) is 0 Å². The van der Waals surface area contributed by atoms with Gasteiger partial charge in [-0.1, -0.05) is 0 Å². The second-order valence-electron chi connectivity index (χ2n) is 4.19. The predicted molar refractivity (Wildman–Crippen MR) is 60.9 cm³/mol. The molecule has 0 bridgehead atoms. The molecule has 0 heterocycles. The van der Waals surface area contributed by atoms with Gasteiger partial charge in [0.25, 0.3) is 0 Å². The Morgan fingerprint density at radius 1 is 1.62 bits per heavy atom. The van der Waals surface area contributed by atoms with Gasteiger partial charge in [-0.3, -0.25) is 4.79 Å². The number of hydrogen-bond donors (Lipinski definition) is 2. The molecule has 16 heavy (non-hydrogen) atoms. The minimum atomic E-state index is -0.214. The highest BCUT2D eigenvalue weighted by Crippen LogP contribution is 2.25. The minimum Gasteiger partial charge on any atom is -0.395 e. The van der Waals surface area contributed by atoms with E-state index in [-0.39, 0.29) is 18.6 Å². The van der Waals surface area contributed by atoms with Gasteiger partial charge in [-0.2, -0.15) is 0 Å². The van der Waals surface area contributed by atoms with Gasteiger partial charge in [0.2, 0.25) is 5.91 Å². The molecule has 0 aromatic heterocycles. The largest absolute Gasteiger partial charge is 0.395 e. The lowest BCUT2D eigenvalue weighted by Gasteiger charge is -2.37. The maximum absolute atomic E-state index is 12.0. The summed E-state index contributed by atoms with van der Waals surface area (Å²) in [4.78, 5) is 13.7. The zero-order chi connectivity index (χ0) is 12.0. The zero-order valence-corrected chi connectivity index (χ0v) is 9.89. The average molecular weight is 230 g/mol. The van der Waals surface area contributed by atoms with Gasteiger partial charge in [0.15, 0.2) is 0 Å². The van der Waals surface area contributed by atoms with Gasteiger partial charge >= 0.3 is 0 Å². The summed E-state index contributed by atoms with van der Waals surface area (Å²) in [6.07, 6.45) is 3.36. The number of nitrogens with zero attached hydrogens (tertiary/aromatic N) is 1. The highest BCUT2D eigenvalue weighted by Gasteiger charge is 2.29. The van der Waals surface area contributed by atoms with Crippen LogP contribution in [0.5, 0.6) is 0 Å². The first-order valence-electron chi connectivity index (χ1n) is 5.86. The zero-order valence-electron chi connectivity index (χ0n) is 9.89. The highest BCUT2D eigenvalue weighted by molar-refractivity contribution is 5.77. The van der Waals surface area contributed by atoms with Gasteiger partial charge in [-0.15, -0.1) is 0 Å². The molecule has 94 valence electrons. The van der Waals surface area contributed by atoms with Crippen LogP contribution in [0.15, 0.2) is 0 Å². The number of methoxy groups -OCH3 is 1. The molecule has 5 nitrogen and oxygen atoms in total. The highest BCUT2D eigenvalue weighted by atomic mass is 16.5. The second kappa shape index (κ2) is 6.83. The number of amides is 1. The standard InChI is InChI=1S/C11H22N2O3/c1-16-10(8-12)7-11(15)13(5-6-14)9-3-2-4-9/h9-10,14H,2-8,12H2,1H3. The van der Waals surface area contributed by atoms with Gasteiger partial charge in [0.1, 0.15) is 0 Å². The number of aliphatic hydroxyl groups is 1. The quantitative estimate of drug-likeness (QED) is 0.631. The van der Waals surface area contributed by atoms with Crippen LogP contribution in [0.1, 0.15) is 25.7 Å². The van der Waals surface area contributed by atoms with E-state index in [2.05, 4.69) is 0 Å². The van der Waals surface area contributed by atoms with E-state index in [9.17, 15) is 4.79 Å². The molecule has 1 aliphatic carbocycles. The van der Waals surface area contributed by atoms with Gasteiger partial charge < -0.3 is 20.5 Å². The summed E-state index contributed by atoms with van der Waals surface area (Å²) in [7, 11) is 1.56. The van der Waals surface area contributed by atoms with E-state index in [1.165, 1.54) is 6.42 Å². The molecule has 0 spiro atoms. The first-order chi connectivity index (χ1) is 7.72. The fraction of sp³-hybridized carbons (Fsp3) is 0.909. The van der Waals surface area contributed by atoms with Crippen LogP contribution in [0.2, 0.25) is 0 Å². The first kappa shape index (κ1) is 13.4. The van der Waals surface area contributed by atoms with Crippen LogP contribution in [0.4, 0.5) is 0 Å². The SMILES string of the molecule is COC(CN)CC(=O)N(CCO)C1CCC1. The van der Waals surface area contributed by atoms with Gasteiger partial charge in [-0.05, 0) is 19.3 Å². The van der Waals surface area contributed by atoms with Crippen molar-refractivity contribution in [3.8, 4) is 0 Å². The smallest absolute Gasteiger partial charge is 0.225 e. The van der Waals surface area contributed by atoms with Crippen LogP contribution < -0.4 is 5.73 Å². The van der Waals surface area contributed by atoms with Crippen LogP contribution in [0.25, 0.3) is 0 Å². The van der Waals surface area contributed by atoms with E-state index in [0.29, 0.717) is 25.6 Å². The van der Waals surface area contributed by atoms with E-state index in [4.69, 9.17) is 15.6 Å².